The topological polar surface area (TPSA) is 126 Å². The molecule has 156 valence electrons. The van der Waals surface area contributed by atoms with E-state index in [1.54, 1.807) is 36.4 Å². The third-order valence-electron chi connectivity index (χ3n) is 5.69. The summed E-state index contributed by atoms with van der Waals surface area (Å²) >= 11 is 0. The van der Waals surface area contributed by atoms with Gasteiger partial charge in [0, 0.05) is 42.5 Å². The van der Waals surface area contributed by atoms with Crippen LogP contribution >= 0.6 is 0 Å². The highest BCUT2D eigenvalue weighted by atomic mass is 16.3. The lowest BCUT2D eigenvalue weighted by Gasteiger charge is -2.32. The molecular formula is C23H25N3O4. The minimum absolute atomic E-state index is 0. The monoisotopic (exact) mass is 407 g/mol. The summed E-state index contributed by atoms with van der Waals surface area (Å²) in [5, 5.41) is 30.9. The number of fused-ring (bicyclic) bond motifs is 4. The highest BCUT2D eigenvalue weighted by Gasteiger charge is 2.40. The van der Waals surface area contributed by atoms with Gasteiger partial charge in [-0.05, 0) is 35.9 Å². The van der Waals surface area contributed by atoms with Gasteiger partial charge in [0.25, 0.3) is 5.91 Å². The molecule has 4 rings (SSSR count). The van der Waals surface area contributed by atoms with Gasteiger partial charge in [0.2, 0.25) is 0 Å². The number of aromatic amines is 1. The Bertz CT molecular complexity index is 1240. The van der Waals surface area contributed by atoms with Crippen LogP contribution < -0.4 is 5.32 Å². The molecule has 7 nitrogen and oxygen atoms in total. The van der Waals surface area contributed by atoms with Crippen molar-refractivity contribution in [3.63, 3.8) is 0 Å². The summed E-state index contributed by atoms with van der Waals surface area (Å²) in [6, 6.07) is 12.3. The van der Waals surface area contributed by atoms with E-state index in [2.05, 4.69) is 16.4 Å². The lowest BCUT2D eigenvalue weighted by atomic mass is 9.71. The maximum atomic E-state index is 13.3. The molecule has 0 bridgehead atoms. The summed E-state index contributed by atoms with van der Waals surface area (Å²) in [6.45, 7) is 3.45. The number of aromatic nitrogens is 1. The largest absolute Gasteiger partial charge is 0.394 e. The van der Waals surface area contributed by atoms with E-state index in [1.807, 2.05) is 13.8 Å². The van der Waals surface area contributed by atoms with E-state index < -0.39 is 24.0 Å². The van der Waals surface area contributed by atoms with Gasteiger partial charge < -0.3 is 20.5 Å². The molecule has 0 aliphatic heterocycles. The van der Waals surface area contributed by atoms with Gasteiger partial charge in [0.05, 0.1) is 29.9 Å². The molecule has 2 aromatic carbocycles. The summed E-state index contributed by atoms with van der Waals surface area (Å²) in [4.78, 5) is 29.1. The second-order valence-corrected chi connectivity index (χ2v) is 8.01. The average molecular weight is 407 g/mol. The molecule has 0 saturated heterocycles. The summed E-state index contributed by atoms with van der Waals surface area (Å²) in [6.07, 6.45) is -1.03. The normalized spacial score (nSPS) is 15.2. The number of amides is 1. The maximum Gasteiger partial charge on any atom is 0.251 e. The summed E-state index contributed by atoms with van der Waals surface area (Å²) in [5.41, 5.74) is 3.62. The Balaban J connectivity index is 0.00000181. The van der Waals surface area contributed by atoms with Crippen molar-refractivity contribution in [3.8, 4) is 6.07 Å². The summed E-state index contributed by atoms with van der Waals surface area (Å²) < 4.78 is 0. The van der Waals surface area contributed by atoms with E-state index in [1.165, 1.54) is 0 Å². The molecule has 1 aliphatic rings. The molecule has 3 aromatic rings. The molecule has 1 aromatic heterocycles. The number of aliphatic hydroxyl groups excluding tert-OH is 2. The average Bonchev–Trinajstić information content (AvgIpc) is 3.15. The number of nitrogens with one attached hydrogen (secondary N) is 2. The number of aliphatic hydroxyl groups is 2. The number of hydrogen-bond acceptors (Lipinski definition) is 5. The first-order valence-corrected chi connectivity index (χ1v) is 9.60. The first-order valence-electron chi connectivity index (χ1n) is 9.60. The van der Waals surface area contributed by atoms with Crippen LogP contribution in [-0.2, 0) is 5.41 Å². The van der Waals surface area contributed by atoms with Gasteiger partial charge >= 0.3 is 0 Å². The molecule has 1 heterocycles. The molecule has 1 amide bonds. The van der Waals surface area contributed by atoms with Crippen molar-refractivity contribution in [2.24, 2.45) is 0 Å². The van der Waals surface area contributed by atoms with Gasteiger partial charge in [-0.2, -0.15) is 5.26 Å². The molecule has 1 atom stereocenters. The zero-order valence-electron chi connectivity index (χ0n) is 16.6. The standard InChI is InChI=1S/C23H21N3O4.2H2/c1-23(2)17-8-13(22(30)25-10-14(28)11-27)4-6-15(17)20(29)19-16-5-3-12(9-24)7-18(16)26-21(19)23;;/h3-8,14,26-28H,10-11H2,1-2H3,(H,25,30);2*1H/t14-;;/m1../s1. The number of H-pyrrole nitrogens is 1. The van der Waals surface area contributed by atoms with Crippen LogP contribution in [0.5, 0.6) is 0 Å². The van der Waals surface area contributed by atoms with Gasteiger partial charge in [-0.1, -0.05) is 19.9 Å². The molecule has 4 N–H and O–H groups in total. The molecule has 0 fully saturated rings. The van der Waals surface area contributed by atoms with Crippen LogP contribution in [0.2, 0.25) is 0 Å². The molecule has 0 unspecified atom stereocenters. The Morgan fingerprint density at radius 2 is 2.07 bits per heavy atom. The van der Waals surface area contributed by atoms with E-state index >= 15 is 0 Å². The fourth-order valence-corrected chi connectivity index (χ4v) is 4.02. The minimum Gasteiger partial charge on any atom is -0.394 e. The van der Waals surface area contributed by atoms with Crippen molar-refractivity contribution in [2.75, 3.05) is 13.2 Å². The molecule has 0 radical (unpaired) electrons. The first kappa shape index (κ1) is 19.8. The lowest BCUT2D eigenvalue weighted by molar-refractivity contribution is 0.0801. The van der Waals surface area contributed by atoms with Crippen LogP contribution in [0.1, 0.15) is 59.8 Å². The van der Waals surface area contributed by atoms with Crippen molar-refractivity contribution < 1.29 is 22.7 Å². The highest BCUT2D eigenvalue weighted by molar-refractivity contribution is 6.20. The Hall–Kier alpha value is -3.47. The molecule has 0 saturated carbocycles. The zero-order valence-corrected chi connectivity index (χ0v) is 16.6. The highest BCUT2D eigenvalue weighted by Crippen LogP contribution is 2.43. The van der Waals surface area contributed by atoms with E-state index in [9.17, 15) is 20.0 Å². The van der Waals surface area contributed by atoms with Crippen LogP contribution in [0.15, 0.2) is 36.4 Å². The maximum absolute atomic E-state index is 13.3. The predicted molar refractivity (Wildman–Crippen MR) is 115 cm³/mol. The third-order valence-corrected chi connectivity index (χ3v) is 5.69. The van der Waals surface area contributed by atoms with Crippen LogP contribution in [-0.4, -0.2) is 46.1 Å². The van der Waals surface area contributed by atoms with Crippen LogP contribution in [0.4, 0.5) is 0 Å². The first-order chi connectivity index (χ1) is 14.3. The van der Waals surface area contributed by atoms with Gasteiger partial charge in [0.15, 0.2) is 5.78 Å². The SMILES string of the molecule is CC1(C)c2cc(C(=O)NC[C@@H](O)CO)ccc2C(=O)c2c1[nH]c1cc(C#N)ccc21.[HH].[HH]. The number of hydrogen-bond donors (Lipinski definition) is 4. The zero-order chi connectivity index (χ0) is 21.6. The molecule has 0 spiro atoms. The Kier molecular flexibility index (Phi) is 4.69. The van der Waals surface area contributed by atoms with Crippen molar-refractivity contribution in [3.05, 3.63) is 69.9 Å². The number of benzene rings is 2. The van der Waals surface area contributed by atoms with Gasteiger partial charge in [-0.3, -0.25) is 9.59 Å². The van der Waals surface area contributed by atoms with Crippen LogP contribution in [0.3, 0.4) is 0 Å². The Morgan fingerprint density at radius 3 is 2.77 bits per heavy atom. The van der Waals surface area contributed by atoms with Crippen molar-refractivity contribution in [1.29, 1.82) is 5.26 Å². The van der Waals surface area contributed by atoms with Crippen LogP contribution in [0.25, 0.3) is 10.9 Å². The molecule has 30 heavy (non-hydrogen) atoms. The number of ketones is 1. The van der Waals surface area contributed by atoms with Gasteiger partial charge in [-0.25, -0.2) is 0 Å². The molecule has 1 aliphatic carbocycles. The van der Waals surface area contributed by atoms with Crippen molar-refractivity contribution in [1.82, 2.24) is 10.3 Å². The number of nitrogens with zero attached hydrogens (tertiary/aromatic N) is 1. The number of rotatable bonds is 4. The second kappa shape index (κ2) is 7.10. The second-order valence-electron chi connectivity index (χ2n) is 8.01. The van der Waals surface area contributed by atoms with Gasteiger partial charge in [0.1, 0.15) is 0 Å². The van der Waals surface area contributed by atoms with Crippen molar-refractivity contribution >= 4 is 22.6 Å². The Morgan fingerprint density at radius 1 is 1.30 bits per heavy atom. The summed E-state index contributed by atoms with van der Waals surface area (Å²) in [5.74, 6) is -0.521. The fourth-order valence-electron chi connectivity index (χ4n) is 4.02. The van der Waals surface area contributed by atoms with Crippen molar-refractivity contribution in [2.45, 2.75) is 25.4 Å². The van der Waals surface area contributed by atoms with E-state index in [4.69, 9.17) is 5.11 Å². The third kappa shape index (κ3) is 2.98. The van der Waals surface area contributed by atoms with E-state index in [-0.39, 0.29) is 15.2 Å². The smallest absolute Gasteiger partial charge is 0.251 e. The number of nitriles is 1. The summed E-state index contributed by atoms with van der Waals surface area (Å²) in [7, 11) is 0. The number of carbonyl (C=O) groups is 2. The molecule has 7 heteroatoms. The number of carbonyl (C=O) groups excluding carboxylic acids is 2. The quantitative estimate of drug-likeness (QED) is 0.529. The molecular weight excluding hydrogens is 382 g/mol. The van der Waals surface area contributed by atoms with Crippen LogP contribution in [0, 0.1) is 11.3 Å². The minimum atomic E-state index is -1.03. The predicted octanol–water partition coefficient (Wildman–Crippen LogP) is 2.48. The van der Waals surface area contributed by atoms with E-state index in [0.717, 1.165) is 22.2 Å². The Labute approximate surface area is 175 Å². The van der Waals surface area contributed by atoms with E-state index in [0.29, 0.717) is 22.3 Å². The lowest BCUT2D eigenvalue weighted by Crippen LogP contribution is -2.35. The fraction of sp³-hybridized carbons (Fsp3) is 0.261. The van der Waals surface area contributed by atoms with Gasteiger partial charge in [-0.15, -0.1) is 0 Å².